The zero-order valence-electron chi connectivity index (χ0n) is 20.1. The third kappa shape index (κ3) is 5.17. The average Bonchev–Trinajstić information content (AvgIpc) is 3.07. The summed E-state index contributed by atoms with van der Waals surface area (Å²) in [4.78, 5) is 15.9. The van der Waals surface area contributed by atoms with Crippen molar-refractivity contribution in [2.45, 2.75) is 19.1 Å². The van der Waals surface area contributed by atoms with Crippen molar-refractivity contribution < 1.29 is 13.2 Å². The van der Waals surface area contributed by atoms with E-state index in [0.717, 1.165) is 23.3 Å². The van der Waals surface area contributed by atoms with Gasteiger partial charge in [0, 0.05) is 24.5 Å². The van der Waals surface area contributed by atoms with Gasteiger partial charge in [0.25, 0.3) is 0 Å². The summed E-state index contributed by atoms with van der Waals surface area (Å²) in [6.07, 6.45) is 2.75. The molecule has 2 bridgehead atoms. The summed E-state index contributed by atoms with van der Waals surface area (Å²) in [5.41, 5.74) is 9.64. The molecule has 37 heavy (non-hydrogen) atoms. The van der Waals surface area contributed by atoms with E-state index in [1.807, 2.05) is 60.5 Å². The molecule has 0 radical (unpaired) electrons. The Morgan fingerprint density at radius 1 is 1.08 bits per heavy atom. The monoisotopic (exact) mass is 502 g/mol. The summed E-state index contributed by atoms with van der Waals surface area (Å²) in [5, 5.41) is 3.31. The van der Waals surface area contributed by atoms with Crippen molar-refractivity contribution in [2.75, 3.05) is 18.4 Å². The predicted molar refractivity (Wildman–Crippen MR) is 139 cm³/mol. The molecule has 0 unspecified atom stereocenters. The molecule has 6 nitrogen and oxygen atoms in total. The highest BCUT2D eigenvalue weighted by molar-refractivity contribution is 6.10. The summed E-state index contributed by atoms with van der Waals surface area (Å²) < 4.78 is 40.7. The van der Waals surface area contributed by atoms with Crippen molar-refractivity contribution in [1.29, 1.82) is 0 Å². The van der Waals surface area contributed by atoms with Gasteiger partial charge >= 0.3 is 6.18 Å². The first-order valence-electron chi connectivity index (χ1n) is 11.8. The van der Waals surface area contributed by atoms with Gasteiger partial charge in [-0.3, -0.25) is 0 Å². The van der Waals surface area contributed by atoms with Gasteiger partial charge in [-0.15, -0.1) is 0 Å². The normalized spacial score (nSPS) is 16.2. The Labute approximate surface area is 212 Å². The van der Waals surface area contributed by atoms with E-state index in [0.29, 0.717) is 40.9 Å². The van der Waals surface area contributed by atoms with Crippen LogP contribution in [-0.2, 0) is 6.18 Å². The Hall–Kier alpha value is -4.24. The molecule has 3 N–H and O–H groups in total. The van der Waals surface area contributed by atoms with Crippen molar-refractivity contribution in [3.8, 4) is 0 Å². The second kappa shape index (κ2) is 10.0. The van der Waals surface area contributed by atoms with Gasteiger partial charge < -0.3 is 16.0 Å². The molecule has 3 heterocycles. The van der Waals surface area contributed by atoms with Crippen LogP contribution >= 0.6 is 0 Å². The maximum absolute atomic E-state index is 13.6. The van der Waals surface area contributed by atoms with Crippen LogP contribution < -0.4 is 11.1 Å². The number of nitrogens with one attached hydrogen (secondary N) is 1. The van der Waals surface area contributed by atoms with Gasteiger partial charge in [0.1, 0.15) is 0 Å². The van der Waals surface area contributed by atoms with E-state index >= 15 is 0 Å². The van der Waals surface area contributed by atoms with Gasteiger partial charge in [-0.1, -0.05) is 48.5 Å². The number of fused-ring (bicyclic) bond motifs is 2. The van der Waals surface area contributed by atoms with E-state index in [9.17, 15) is 13.2 Å². The molecule has 5 rings (SSSR count). The number of hydrogen-bond acceptors (Lipinski definition) is 6. The summed E-state index contributed by atoms with van der Waals surface area (Å²) in [7, 11) is 0. The van der Waals surface area contributed by atoms with Crippen LogP contribution in [-0.4, -0.2) is 33.7 Å². The van der Waals surface area contributed by atoms with Crippen LogP contribution in [0.5, 0.6) is 0 Å². The van der Waals surface area contributed by atoms with Gasteiger partial charge in [-0.05, 0) is 42.3 Å². The largest absolute Gasteiger partial charge is 0.416 e. The second-order valence-electron chi connectivity index (χ2n) is 8.74. The van der Waals surface area contributed by atoms with Crippen molar-refractivity contribution in [3.05, 3.63) is 113 Å². The predicted octanol–water partition coefficient (Wildman–Crippen LogP) is 5.66. The van der Waals surface area contributed by atoms with Crippen molar-refractivity contribution in [2.24, 2.45) is 10.7 Å². The molecule has 0 saturated carbocycles. The molecule has 1 aromatic heterocycles. The Morgan fingerprint density at radius 2 is 1.89 bits per heavy atom. The number of nitrogens with zero attached hydrogens (tertiary/aromatic N) is 4. The SMILES string of the molecule is C[C@H](Nc1nccc(C2=C(c3cccc(C(F)(F)F)c3)N=C3CN2C=CC=C3CN)n1)c1ccccc1. The maximum atomic E-state index is 13.6. The van der Waals surface area contributed by atoms with E-state index in [1.54, 1.807) is 18.3 Å². The zero-order valence-corrected chi connectivity index (χ0v) is 20.1. The summed E-state index contributed by atoms with van der Waals surface area (Å²) in [6.45, 7) is 2.69. The number of nitrogens with two attached hydrogens (primary N) is 1. The molecule has 3 aromatic rings. The summed E-state index contributed by atoms with van der Waals surface area (Å²) >= 11 is 0. The minimum Gasteiger partial charge on any atom is -0.348 e. The second-order valence-corrected chi connectivity index (χ2v) is 8.74. The van der Waals surface area contributed by atoms with Crippen LogP contribution in [0.2, 0.25) is 0 Å². The first-order valence-corrected chi connectivity index (χ1v) is 11.8. The molecular weight excluding hydrogens is 477 g/mol. The standard InChI is InChI=1S/C28H25F3N6/c1-18(19-7-3-2-4-8-19)34-27-33-13-12-23(36-27)26-25(20-9-5-11-22(15-20)28(29,30)31)35-24-17-37(26)14-6-10-21(24)16-32/h2-15,18H,16-17,32H2,1H3,(H,33,34,36)/t18-/m0/s1. The van der Waals surface area contributed by atoms with Crippen LogP contribution in [0.15, 0.2) is 95.8 Å². The molecule has 0 fully saturated rings. The smallest absolute Gasteiger partial charge is 0.348 e. The van der Waals surface area contributed by atoms with Gasteiger partial charge in [0.2, 0.25) is 5.95 Å². The number of aliphatic imine (C=N–C) groups is 1. The average molecular weight is 503 g/mol. The van der Waals surface area contributed by atoms with E-state index in [1.165, 1.54) is 6.07 Å². The molecule has 0 spiro atoms. The fourth-order valence-corrected chi connectivity index (χ4v) is 4.34. The Kier molecular flexibility index (Phi) is 6.62. The number of benzene rings is 2. The highest BCUT2D eigenvalue weighted by Gasteiger charge is 2.32. The number of alkyl halides is 3. The first kappa shape index (κ1) is 24.5. The van der Waals surface area contributed by atoms with Crippen molar-refractivity contribution >= 4 is 23.1 Å². The van der Waals surface area contributed by atoms with Crippen LogP contribution in [0.25, 0.3) is 11.4 Å². The molecule has 1 atom stereocenters. The van der Waals surface area contributed by atoms with Gasteiger partial charge in [-0.25, -0.2) is 15.0 Å². The van der Waals surface area contributed by atoms with Gasteiger partial charge in [0.15, 0.2) is 0 Å². The van der Waals surface area contributed by atoms with Crippen LogP contribution in [0.4, 0.5) is 19.1 Å². The third-order valence-electron chi connectivity index (χ3n) is 6.24. The van der Waals surface area contributed by atoms with Crippen molar-refractivity contribution in [3.63, 3.8) is 0 Å². The lowest BCUT2D eigenvalue weighted by atomic mass is 10.0. The third-order valence-corrected chi connectivity index (χ3v) is 6.24. The molecular formula is C28H25F3N6. The topological polar surface area (TPSA) is 79.4 Å². The highest BCUT2D eigenvalue weighted by Crippen LogP contribution is 2.37. The summed E-state index contributed by atoms with van der Waals surface area (Å²) in [6, 6.07) is 16.8. The molecule has 9 heteroatoms. The minimum atomic E-state index is -4.48. The quantitative estimate of drug-likeness (QED) is 0.455. The van der Waals surface area contributed by atoms with Crippen LogP contribution in [0.1, 0.15) is 35.3 Å². The molecule has 0 amide bonds. The molecule has 2 aliphatic heterocycles. The van der Waals surface area contributed by atoms with E-state index < -0.39 is 11.7 Å². The number of rotatable bonds is 6. The molecule has 2 aliphatic rings. The first-order chi connectivity index (χ1) is 17.8. The minimum absolute atomic E-state index is 0.0567. The molecule has 188 valence electrons. The van der Waals surface area contributed by atoms with E-state index in [4.69, 9.17) is 15.7 Å². The van der Waals surface area contributed by atoms with E-state index in [-0.39, 0.29) is 12.6 Å². The Morgan fingerprint density at radius 3 is 2.65 bits per heavy atom. The fourth-order valence-electron chi connectivity index (χ4n) is 4.34. The lowest BCUT2D eigenvalue weighted by molar-refractivity contribution is -0.137. The van der Waals surface area contributed by atoms with Gasteiger partial charge in [0.05, 0.1) is 40.9 Å². The lowest BCUT2D eigenvalue weighted by Gasteiger charge is -2.30. The van der Waals surface area contributed by atoms with Gasteiger partial charge in [-0.2, -0.15) is 13.2 Å². The van der Waals surface area contributed by atoms with Crippen LogP contribution in [0, 0.1) is 0 Å². The zero-order chi connectivity index (χ0) is 26.0. The Balaban J connectivity index is 1.62. The number of allylic oxidation sites excluding steroid dienone is 2. The Bertz CT molecular complexity index is 1420. The molecule has 0 saturated heterocycles. The number of anilines is 1. The molecule has 2 aromatic carbocycles. The van der Waals surface area contributed by atoms with Crippen LogP contribution in [0.3, 0.4) is 0 Å². The van der Waals surface area contributed by atoms with Crippen molar-refractivity contribution in [1.82, 2.24) is 14.9 Å². The number of aromatic nitrogens is 2. The number of halogens is 3. The lowest BCUT2D eigenvalue weighted by Crippen LogP contribution is -2.30. The van der Waals surface area contributed by atoms with E-state index in [2.05, 4.69) is 10.3 Å². The highest BCUT2D eigenvalue weighted by atomic mass is 19.4. The maximum Gasteiger partial charge on any atom is 0.416 e. The summed E-state index contributed by atoms with van der Waals surface area (Å²) in [5.74, 6) is 0.402. The fraction of sp³-hybridized carbons (Fsp3) is 0.179. The molecule has 0 aliphatic carbocycles. The number of hydrogen-bond donors (Lipinski definition) is 2.